The second kappa shape index (κ2) is 8.16. The third-order valence-corrected chi connectivity index (χ3v) is 5.99. The molecule has 0 N–H and O–H groups in total. The van der Waals surface area contributed by atoms with Gasteiger partial charge in [-0.05, 0) is 44.2 Å². The van der Waals surface area contributed by atoms with Gasteiger partial charge in [0.1, 0.15) is 17.7 Å². The summed E-state index contributed by atoms with van der Waals surface area (Å²) in [6.45, 7) is -1.61. The van der Waals surface area contributed by atoms with Crippen molar-refractivity contribution >= 4 is 16.9 Å². The Balaban J connectivity index is 1.73. The van der Waals surface area contributed by atoms with Crippen molar-refractivity contribution in [2.24, 2.45) is 0 Å². The van der Waals surface area contributed by atoms with Crippen molar-refractivity contribution < 1.29 is 27.2 Å². The first-order chi connectivity index (χ1) is 17.1. The number of benzene rings is 2. The summed E-state index contributed by atoms with van der Waals surface area (Å²) in [5.41, 5.74) is 2.17. The first-order valence-electron chi connectivity index (χ1n) is 12.2. The highest BCUT2D eigenvalue weighted by Crippen LogP contribution is 2.49. The molecule has 2 aromatic carbocycles. The Labute approximate surface area is 194 Å². The summed E-state index contributed by atoms with van der Waals surface area (Å²) in [6, 6.07) is 8.10. The highest BCUT2D eigenvalue weighted by atomic mass is 19.3. The molecule has 1 unspecified atom stereocenters. The minimum absolute atomic E-state index is 0.0192. The van der Waals surface area contributed by atoms with E-state index in [4.69, 9.17) is 13.6 Å². The van der Waals surface area contributed by atoms with E-state index >= 15 is 0 Å². The van der Waals surface area contributed by atoms with E-state index in [0.717, 1.165) is 4.90 Å². The smallest absolute Gasteiger partial charge is 0.387 e. The van der Waals surface area contributed by atoms with E-state index in [1.54, 1.807) is 12.1 Å². The van der Waals surface area contributed by atoms with Crippen molar-refractivity contribution in [2.45, 2.75) is 45.1 Å². The minimum Gasteiger partial charge on any atom is -0.434 e. The average Bonchev–Trinajstić information content (AvgIpc) is 3.29. The number of alkyl halides is 2. The van der Waals surface area contributed by atoms with Crippen molar-refractivity contribution in [3.8, 4) is 17.6 Å². The van der Waals surface area contributed by atoms with Crippen LogP contribution in [0.4, 0.5) is 8.78 Å². The third-order valence-electron chi connectivity index (χ3n) is 5.99. The van der Waals surface area contributed by atoms with Crippen LogP contribution >= 0.6 is 0 Å². The van der Waals surface area contributed by atoms with Gasteiger partial charge >= 0.3 is 6.61 Å². The molecule has 2 aliphatic rings. The predicted octanol–water partition coefficient (Wildman–Crippen LogP) is 4.53. The van der Waals surface area contributed by atoms with Crippen molar-refractivity contribution in [1.82, 2.24) is 14.5 Å². The lowest BCUT2D eigenvalue weighted by Gasteiger charge is -2.24. The zero-order valence-electron chi connectivity index (χ0n) is 21.0. The van der Waals surface area contributed by atoms with Gasteiger partial charge < -0.3 is 18.9 Å². The van der Waals surface area contributed by atoms with Crippen LogP contribution in [0, 0.1) is 11.8 Å². The molecule has 0 radical (unpaired) electrons. The number of carbonyl (C=O) groups excluding carboxylic acids is 1. The molecule has 1 amide bonds. The largest absolute Gasteiger partial charge is 0.434 e. The van der Waals surface area contributed by atoms with Gasteiger partial charge in [-0.2, -0.15) is 8.78 Å². The molecular weight excluding hydrogens is 428 g/mol. The number of nitrogens with zero attached hydrogens (tertiary/aromatic N) is 3. The summed E-state index contributed by atoms with van der Waals surface area (Å²) in [7, 11) is 0. The van der Waals surface area contributed by atoms with Crippen molar-refractivity contribution in [1.29, 1.82) is 0 Å². The number of fused-ring (bicyclic) bond motifs is 9. The maximum absolute atomic E-state index is 13.4. The van der Waals surface area contributed by atoms with Gasteiger partial charge in [0.25, 0.3) is 5.91 Å². The first-order valence-corrected chi connectivity index (χ1v) is 10.7. The molecule has 5 rings (SSSR count). The second-order valence-corrected chi connectivity index (χ2v) is 7.95. The van der Waals surface area contributed by atoms with Crippen molar-refractivity contribution in [3.63, 3.8) is 0 Å². The van der Waals surface area contributed by atoms with Gasteiger partial charge in [-0.25, -0.2) is 4.98 Å². The fourth-order valence-electron chi connectivity index (χ4n) is 4.66. The number of carbonyl (C=O) groups is 1. The Morgan fingerprint density at radius 3 is 2.91 bits per heavy atom. The summed E-state index contributed by atoms with van der Waals surface area (Å²) < 4.78 is 62.9. The van der Waals surface area contributed by atoms with E-state index in [9.17, 15) is 13.6 Å². The molecular formula is C25H23F2N3O3. The fraction of sp³-hybridized carbons (Fsp3) is 0.360. The summed E-state index contributed by atoms with van der Waals surface area (Å²) in [5, 5.41) is 0. The fourth-order valence-corrected chi connectivity index (χ4v) is 4.66. The number of aromatic nitrogens is 2. The Bertz CT molecular complexity index is 1410. The van der Waals surface area contributed by atoms with Crippen LogP contribution in [0.15, 0.2) is 36.4 Å². The molecule has 3 atom stereocenters. The standard InChI is InChI=1S/C25H23F2N3O3/c1-4-32-14(2)8-9-15-10-11-17-18(12-15)30-19-13-20(23(30)28-17)29(3)24(31)16-6-5-7-21(22(16)19)33-25(26)27/h5-7,10-12,14,19-20,25H,4,13H2,1-3H3/t14?,19-,20-/m1/s1/i3D3. The number of hydrogen-bond donors (Lipinski definition) is 0. The predicted molar refractivity (Wildman–Crippen MR) is 118 cm³/mol. The highest BCUT2D eigenvalue weighted by molar-refractivity contribution is 5.97. The number of rotatable bonds is 4. The van der Waals surface area contributed by atoms with Crippen molar-refractivity contribution in [2.75, 3.05) is 13.6 Å². The van der Waals surface area contributed by atoms with Crippen LogP contribution in [0.5, 0.6) is 5.75 Å². The number of halogens is 2. The van der Waals surface area contributed by atoms with Crippen LogP contribution < -0.4 is 4.74 Å². The second-order valence-electron chi connectivity index (χ2n) is 7.95. The molecule has 0 spiro atoms. The summed E-state index contributed by atoms with van der Waals surface area (Å²) >= 11 is 0. The van der Waals surface area contributed by atoms with Crippen LogP contribution in [-0.4, -0.2) is 46.7 Å². The molecule has 2 aliphatic heterocycles. The summed E-state index contributed by atoms with van der Waals surface area (Å²) in [6.07, 6.45) is -0.0969. The van der Waals surface area contributed by atoms with Crippen LogP contribution in [0.3, 0.4) is 0 Å². The molecule has 3 heterocycles. The Kier molecular flexibility index (Phi) is 4.46. The number of imidazole rings is 1. The Morgan fingerprint density at radius 1 is 1.30 bits per heavy atom. The van der Waals surface area contributed by atoms with Crippen molar-refractivity contribution in [3.05, 3.63) is 58.9 Å². The quantitative estimate of drug-likeness (QED) is 0.544. The number of ether oxygens (including phenoxy) is 2. The zero-order chi connectivity index (χ0) is 25.8. The maximum atomic E-state index is 13.4. The molecule has 2 bridgehead atoms. The molecule has 6 nitrogen and oxygen atoms in total. The first kappa shape index (κ1) is 18.0. The topological polar surface area (TPSA) is 56.6 Å². The maximum Gasteiger partial charge on any atom is 0.387 e. The lowest BCUT2D eigenvalue weighted by molar-refractivity contribution is -0.0507. The average molecular weight is 454 g/mol. The monoisotopic (exact) mass is 454 g/mol. The zero-order valence-corrected chi connectivity index (χ0v) is 18.0. The van der Waals surface area contributed by atoms with E-state index in [-0.39, 0.29) is 29.4 Å². The lowest BCUT2D eigenvalue weighted by Crippen LogP contribution is -2.30. The van der Waals surface area contributed by atoms with Gasteiger partial charge in [-0.1, -0.05) is 17.9 Å². The normalized spacial score (nSPS) is 21.4. The minimum atomic E-state index is -3.11. The van der Waals surface area contributed by atoms with E-state index in [0.29, 0.717) is 29.0 Å². The number of amides is 1. The van der Waals surface area contributed by atoms with Gasteiger partial charge in [0.15, 0.2) is 0 Å². The van der Waals surface area contributed by atoms with Gasteiger partial charge in [-0.15, -0.1) is 0 Å². The van der Waals surface area contributed by atoms with Gasteiger partial charge in [0, 0.05) is 40.8 Å². The van der Waals surface area contributed by atoms with Crippen LogP contribution in [0.2, 0.25) is 0 Å². The molecule has 33 heavy (non-hydrogen) atoms. The van der Waals surface area contributed by atoms with E-state index in [1.165, 1.54) is 18.2 Å². The Morgan fingerprint density at radius 2 is 2.15 bits per heavy atom. The number of hydrogen-bond acceptors (Lipinski definition) is 4. The van der Waals surface area contributed by atoms with E-state index in [1.807, 2.05) is 24.5 Å². The van der Waals surface area contributed by atoms with Crippen LogP contribution in [0.1, 0.15) is 63.8 Å². The van der Waals surface area contributed by atoms with Gasteiger partial charge in [-0.3, -0.25) is 4.79 Å². The van der Waals surface area contributed by atoms with Gasteiger partial charge in [0.05, 0.1) is 23.1 Å². The van der Waals surface area contributed by atoms with E-state index in [2.05, 4.69) is 16.8 Å². The molecule has 170 valence electrons. The molecule has 8 heteroatoms. The van der Waals surface area contributed by atoms with Crippen LogP contribution in [-0.2, 0) is 4.74 Å². The van der Waals surface area contributed by atoms with E-state index < -0.39 is 31.6 Å². The third kappa shape index (κ3) is 3.53. The molecule has 0 aliphatic carbocycles. The molecule has 0 saturated carbocycles. The molecule has 0 saturated heterocycles. The summed E-state index contributed by atoms with van der Waals surface area (Å²) in [4.78, 5) is 18.9. The van der Waals surface area contributed by atoms with Crippen LogP contribution in [0.25, 0.3) is 11.0 Å². The molecule has 3 aromatic rings. The molecule has 0 fully saturated rings. The SMILES string of the molecule is [2H]C([2H])([2H])N1C(=O)c2cccc(OC(F)F)c2[C@H]2C[C@@H]1c1nc3ccc(C#CC(C)OCC)cc3n12. The Hall–Kier alpha value is -3.44. The summed E-state index contributed by atoms with van der Waals surface area (Å²) in [5.74, 6) is 5.55. The molecule has 1 aromatic heterocycles. The lowest BCUT2D eigenvalue weighted by atomic mass is 9.97. The van der Waals surface area contributed by atoms with Gasteiger partial charge in [0.2, 0.25) is 0 Å². The highest BCUT2D eigenvalue weighted by Gasteiger charge is 2.44.